The van der Waals surface area contributed by atoms with Crippen molar-refractivity contribution in [3.63, 3.8) is 0 Å². The molecule has 8 atom stereocenters. The Morgan fingerprint density at radius 1 is 0.974 bits per heavy atom. The molecular formula is C33H56O6. The molecule has 4 rings (SSSR count). The molecule has 0 unspecified atom stereocenters. The summed E-state index contributed by atoms with van der Waals surface area (Å²) >= 11 is 0. The molecule has 0 bridgehead atoms. The third-order valence-corrected chi connectivity index (χ3v) is 11.2. The van der Waals surface area contributed by atoms with E-state index in [1.165, 1.54) is 56.9 Å². The van der Waals surface area contributed by atoms with Crippen LogP contribution in [0.3, 0.4) is 0 Å². The molecule has 3 N–H and O–H groups in total. The lowest BCUT2D eigenvalue weighted by Crippen LogP contribution is -2.51. The SMILES string of the molecule is CC(C)CCC[C@@H](C)[C@H]1CC[C@H]2[C@@H]3CC=C4C[C@@H](OC(=O)CCC(=O)O)CC[C@]4(C)[C@H]3CC[C@]12C.OCCO. The molecule has 0 saturated heterocycles. The van der Waals surface area contributed by atoms with Gasteiger partial charge in [-0.2, -0.15) is 0 Å². The van der Waals surface area contributed by atoms with Crippen molar-refractivity contribution in [1.82, 2.24) is 0 Å². The van der Waals surface area contributed by atoms with Crippen LogP contribution < -0.4 is 0 Å². The molecule has 0 aliphatic heterocycles. The number of aliphatic hydroxyl groups is 2. The summed E-state index contributed by atoms with van der Waals surface area (Å²) in [5, 5.41) is 24.1. The molecule has 0 spiro atoms. The summed E-state index contributed by atoms with van der Waals surface area (Å²) in [4.78, 5) is 22.9. The Kier molecular flexibility index (Phi) is 11.5. The highest BCUT2D eigenvalue weighted by molar-refractivity contribution is 5.76. The molecule has 4 aliphatic rings. The lowest BCUT2D eigenvalue weighted by molar-refractivity contribution is -0.154. The van der Waals surface area contributed by atoms with E-state index in [1.54, 1.807) is 0 Å². The standard InChI is InChI=1S/C31H50O4.C2H6O2/c1-20(2)7-6-8-21(3)25-11-12-26-24-10-9-22-19-23(35-29(34)14-13-28(32)33)15-17-30(22,4)27(24)16-18-31(25,26)5;3-1-2-4/h9,20-21,23-27H,6-8,10-19H2,1-5H3,(H,32,33);3-4H,1-2H2/t21-,23+,24+,25-,26+,27+,30+,31-;/m1./s1. The number of allylic oxidation sites excluding steroid dienone is 1. The molecule has 0 aromatic heterocycles. The van der Waals surface area contributed by atoms with E-state index in [0.29, 0.717) is 5.41 Å². The van der Waals surface area contributed by atoms with Crippen LogP contribution in [0.1, 0.15) is 118 Å². The third-order valence-electron chi connectivity index (χ3n) is 11.2. The van der Waals surface area contributed by atoms with Gasteiger partial charge in [0, 0.05) is 6.42 Å². The zero-order valence-corrected chi connectivity index (χ0v) is 25.3. The number of esters is 1. The van der Waals surface area contributed by atoms with Crippen LogP contribution in [-0.4, -0.2) is 46.6 Å². The van der Waals surface area contributed by atoms with Crippen molar-refractivity contribution < 1.29 is 29.6 Å². The smallest absolute Gasteiger partial charge is 0.306 e. The topological polar surface area (TPSA) is 104 Å². The zero-order valence-electron chi connectivity index (χ0n) is 25.3. The first-order valence-electron chi connectivity index (χ1n) is 15.8. The highest BCUT2D eigenvalue weighted by atomic mass is 16.5. The Labute approximate surface area is 237 Å². The summed E-state index contributed by atoms with van der Waals surface area (Å²) in [5.41, 5.74) is 2.27. The van der Waals surface area contributed by atoms with Crippen LogP contribution in [-0.2, 0) is 14.3 Å². The van der Waals surface area contributed by atoms with E-state index in [2.05, 4.69) is 40.7 Å². The predicted molar refractivity (Wildman–Crippen MR) is 154 cm³/mol. The van der Waals surface area contributed by atoms with E-state index in [-0.39, 0.29) is 43.5 Å². The van der Waals surface area contributed by atoms with Gasteiger partial charge in [0.05, 0.1) is 26.1 Å². The van der Waals surface area contributed by atoms with Gasteiger partial charge in [-0.15, -0.1) is 0 Å². The van der Waals surface area contributed by atoms with Gasteiger partial charge < -0.3 is 20.1 Å². The van der Waals surface area contributed by atoms with Crippen molar-refractivity contribution in [2.75, 3.05) is 13.2 Å². The zero-order chi connectivity index (χ0) is 28.8. The van der Waals surface area contributed by atoms with Gasteiger partial charge in [0.1, 0.15) is 6.10 Å². The predicted octanol–water partition coefficient (Wildman–Crippen LogP) is 6.78. The number of fused-ring (bicyclic) bond motifs is 5. The van der Waals surface area contributed by atoms with Crippen LogP contribution >= 0.6 is 0 Å². The Hall–Kier alpha value is -1.40. The van der Waals surface area contributed by atoms with Gasteiger partial charge in [0.2, 0.25) is 0 Å². The number of aliphatic hydroxyl groups excluding tert-OH is 2. The maximum atomic E-state index is 12.1. The summed E-state index contributed by atoms with van der Waals surface area (Å²) < 4.78 is 5.70. The van der Waals surface area contributed by atoms with Crippen LogP contribution in [0.25, 0.3) is 0 Å². The number of carboxylic acids is 1. The van der Waals surface area contributed by atoms with E-state index >= 15 is 0 Å². The van der Waals surface area contributed by atoms with E-state index in [1.807, 2.05) is 0 Å². The highest BCUT2D eigenvalue weighted by Crippen LogP contribution is 2.67. The fraction of sp³-hybridized carbons (Fsp3) is 0.879. The second-order valence-corrected chi connectivity index (χ2v) is 14.0. The molecule has 0 aromatic carbocycles. The van der Waals surface area contributed by atoms with Crippen molar-refractivity contribution in [1.29, 1.82) is 0 Å². The first kappa shape index (κ1) is 32.1. The minimum Gasteiger partial charge on any atom is -0.481 e. The van der Waals surface area contributed by atoms with Gasteiger partial charge in [0.15, 0.2) is 0 Å². The average Bonchev–Trinajstić information content (AvgIpc) is 3.25. The maximum absolute atomic E-state index is 12.1. The number of ether oxygens (including phenoxy) is 1. The number of hydrogen-bond donors (Lipinski definition) is 3. The normalized spacial score (nSPS) is 36.0. The highest BCUT2D eigenvalue weighted by Gasteiger charge is 2.59. The van der Waals surface area contributed by atoms with Crippen molar-refractivity contribution in [3.8, 4) is 0 Å². The molecule has 39 heavy (non-hydrogen) atoms. The van der Waals surface area contributed by atoms with Gasteiger partial charge >= 0.3 is 11.9 Å². The van der Waals surface area contributed by atoms with E-state index < -0.39 is 5.97 Å². The second-order valence-electron chi connectivity index (χ2n) is 14.0. The first-order chi connectivity index (χ1) is 18.5. The first-order valence-corrected chi connectivity index (χ1v) is 15.8. The molecule has 3 fully saturated rings. The molecule has 4 aliphatic carbocycles. The van der Waals surface area contributed by atoms with E-state index in [0.717, 1.165) is 54.8 Å². The summed E-state index contributed by atoms with van der Waals surface area (Å²) in [6.45, 7) is 12.1. The Morgan fingerprint density at radius 2 is 1.69 bits per heavy atom. The van der Waals surface area contributed by atoms with Crippen LogP contribution in [0.15, 0.2) is 11.6 Å². The minimum absolute atomic E-state index is 0.0236. The molecule has 0 aromatic rings. The summed E-state index contributed by atoms with van der Waals surface area (Å²) in [7, 11) is 0. The van der Waals surface area contributed by atoms with Gasteiger partial charge in [-0.3, -0.25) is 9.59 Å². The monoisotopic (exact) mass is 548 g/mol. The van der Waals surface area contributed by atoms with Crippen molar-refractivity contribution in [2.45, 2.75) is 124 Å². The molecule has 0 heterocycles. The minimum atomic E-state index is -0.942. The molecular weight excluding hydrogens is 492 g/mol. The summed E-state index contributed by atoms with van der Waals surface area (Å²) in [6.07, 6.45) is 16.0. The van der Waals surface area contributed by atoms with Crippen molar-refractivity contribution >= 4 is 11.9 Å². The number of carbonyl (C=O) groups excluding carboxylic acids is 1. The van der Waals surface area contributed by atoms with Crippen LogP contribution in [0.5, 0.6) is 0 Å². The quantitative estimate of drug-likeness (QED) is 0.205. The van der Waals surface area contributed by atoms with Gasteiger partial charge in [-0.05, 0) is 91.3 Å². The Bertz CT molecular complexity index is 849. The van der Waals surface area contributed by atoms with Crippen LogP contribution in [0.4, 0.5) is 0 Å². The van der Waals surface area contributed by atoms with Crippen molar-refractivity contribution in [2.24, 2.45) is 46.3 Å². The molecule has 3 saturated carbocycles. The van der Waals surface area contributed by atoms with Crippen LogP contribution in [0.2, 0.25) is 0 Å². The molecule has 6 nitrogen and oxygen atoms in total. The largest absolute Gasteiger partial charge is 0.481 e. The number of carbonyl (C=O) groups is 2. The van der Waals surface area contributed by atoms with Gasteiger partial charge in [-0.1, -0.05) is 65.5 Å². The molecule has 0 amide bonds. The summed E-state index contributed by atoms with van der Waals surface area (Å²) in [6, 6.07) is 0. The average molecular weight is 549 g/mol. The number of hydrogen-bond acceptors (Lipinski definition) is 5. The number of rotatable bonds is 10. The van der Waals surface area contributed by atoms with E-state index in [9.17, 15) is 9.59 Å². The molecule has 6 heteroatoms. The fourth-order valence-corrected chi connectivity index (χ4v) is 9.21. The number of carboxylic acid groups (broad SMARTS) is 1. The Balaban J connectivity index is 0.000000983. The Morgan fingerprint density at radius 3 is 2.33 bits per heavy atom. The van der Waals surface area contributed by atoms with E-state index in [4.69, 9.17) is 20.1 Å². The van der Waals surface area contributed by atoms with Gasteiger partial charge in [-0.25, -0.2) is 0 Å². The lowest BCUT2D eigenvalue weighted by Gasteiger charge is -2.58. The maximum Gasteiger partial charge on any atom is 0.306 e. The third kappa shape index (κ3) is 7.47. The lowest BCUT2D eigenvalue weighted by atomic mass is 9.47. The van der Waals surface area contributed by atoms with Gasteiger partial charge in [0.25, 0.3) is 0 Å². The van der Waals surface area contributed by atoms with Crippen LogP contribution in [0, 0.1) is 46.3 Å². The molecule has 0 radical (unpaired) electrons. The molecule has 224 valence electrons. The number of aliphatic carboxylic acids is 1. The van der Waals surface area contributed by atoms with Crippen molar-refractivity contribution in [3.05, 3.63) is 11.6 Å². The summed E-state index contributed by atoms with van der Waals surface area (Å²) in [5.74, 6) is 3.68. The second kappa shape index (κ2) is 14.0. The fourth-order valence-electron chi connectivity index (χ4n) is 9.21.